The Kier molecular flexibility index (Phi) is 3.87. The van der Waals surface area contributed by atoms with Crippen LogP contribution in [0.1, 0.15) is 9.67 Å². The summed E-state index contributed by atoms with van der Waals surface area (Å²) in [5, 5.41) is 0.987. The molecule has 108 valence electrons. The van der Waals surface area contributed by atoms with Crippen LogP contribution in [-0.2, 0) is 11.3 Å². The molecule has 0 aliphatic carbocycles. The molecule has 5 nitrogen and oxygen atoms in total. The fraction of sp³-hybridized carbons (Fsp3) is 0.200. The molecule has 0 atom stereocenters. The number of ether oxygens (including phenoxy) is 2. The number of carbonyl (C=O) groups is 1. The van der Waals surface area contributed by atoms with E-state index in [9.17, 15) is 4.79 Å². The van der Waals surface area contributed by atoms with Crippen LogP contribution < -0.4 is 4.74 Å². The van der Waals surface area contributed by atoms with Crippen molar-refractivity contribution in [2.75, 3.05) is 13.7 Å². The van der Waals surface area contributed by atoms with Crippen molar-refractivity contribution in [2.45, 2.75) is 6.54 Å². The minimum atomic E-state index is -0.307. The van der Waals surface area contributed by atoms with Crippen LogP contribution in [0.25, 0.3) is 10.1 Å². The third-order valence-corrected chi connectivity index (χ3v) is 4.15. The van der Waals surface area contributed by atoms with Gasteiger partial charge in [-0.3, -0.25) is 0 Å². The molecular weight excluding hydrogens is 288 g/mol. The number of methoxy groups -OCH3 is 1. The Bertz CT molecular complexity index is 749. The van der Waals surface area contributed by atoms with E-state index in [2.05, 4.69) is 4.98 Å². The topological polar surface area (TPSA) is 53.4 Å². The number of esters is 1. The zero-order valence-electron chi connectivity index (χ0n) is 11.5. The summed E-state index contributed by atoms with van der Waals surface area (Å²) in [5.74, 6) is 0.482. The van der Waals surface area contributed by atoms with Gasteiger partial charge in [0.2, 0.25) is 0 Å². The number of hydrogen-bond acceptors (Lipinski definition) is 5. The maximum absolute atomic E-state index is 11.5. The maximum Gasteiger partial charge on any atom is 0.348 e. The van der Waals surface area contributed by atoms with Gasteiger partial charge in [0.15, 0.2) is 0 Å². The Morgan fingerprint density at radius 3 is 3.05 bits per heavy atom. The smallest absolute Gasteiger partial charge is 0.348 e. The second-order valence-electron chi connectivity index (χ2n) is 4.45. The molecule has 0 aliphatic heterocycles. The van der Waals surface area contributed by atoms with Gasteiger partial charge in [0.1, 0.15) is 17.2 Å². The van der Waals surface area contributed by atoms with E-state index in [1.54, 1.807) is 12.5 Å². The first-order chi connectivity index (χ1) is 10.3. The lowest BCUT2D eigenvalue weighted by molar-refractivity contribution is 0.0606. The van der Waals surface area contributed by atoms with Gasteiger partial charge in [0.25, 0.3) is 0 Å². The summed E-state index contributed by atoms with van der Waals surface area (Å²) in [4.78, 5) is 16.1. The molecule has 0 saturated heterocycles. The molecule has 0 amide bonds. The van der Waals surface area contributed by atoms with Crippen LogP contribution in [0.4, 0.5) is 0 Å². The van der Waals surface area contributed by atoms with E-state index in [0.717, 1.165) is 22.4 Å². The molecule has 6 heteroatoms. The number of carbonyl (C=O) groups excluding carboxylic acids is 1. The average Bonchev–Trinajstić information content (AvgIpc) is 3.14. The highest BCUT2D eigenvalue weighted by Gasteiger charge is 2.10. The van der Waals surface area contributed by atoms with Gasteiger partial charge in [-0.2, -0.15) is 0 Å². The SMILES string of the molecule is COC(=O)c1cc2cc(OCCn3ccnc3)ccc2s1. The lowest BCUT2D eigenvalue weighted by Gasteiger charge is -2.06. The highest BCUT2D eigenvalue weighted by molar-refractivity contribution is 7.20. The van der Waals surface area contributed by atoms with Gasteiger partial charge in [-0.05, 0) is 29.7 Å². The standard InChI is InChI=1S/C15H14N2O3S/c1-19-15(18)14-9-11-8-12(2-3-13(11)21-14)20-7-6-17-5-4-16-10-17/h2-5,8-10H,6-7H2,1H3. The summed E-state index contributed by atoms with van der Waals surface area (Å²) in [6, 6.07) is 7.63. The van der Waals surface area contributed by atoms with Crippen LogP contribution in [0.2, 0.25) is 0 Å². The Morgan fingerprint density at radius 1 is 1.38 bits per heavy atom. The summed E-state index contributed by atoms with van der Waals surface area (Å²) in [7, 11) is 1.39. The highest BCUT2D eigenvalue weighted by atomic mass is 32.1. The van der Waals surface area contributed by atoms with Gasteiger partial charge >= 0.3 is 5.97 Å². The van der Waals surface area contributed by atoms with E-state index in [0.29, 0.717) is 11.5 Å². The molecular formula is C15H14N2O3S. The normalized spacial score (nSPS) is 10.7. The van der Waals surface area contributed by atoms with Crippen LogP contribution in [0.5, 0.6) is 5.75 Å². The first kappa shape index (κ1) is 13.6. The van der Waals surface area contributed by atoms with E-state index >= 15 is 0 Å². The summed E-state index contributed by atoms with van der Waals surface area (Å²) >= 11 is 1.42. The number of benzene rings is 1. The molecule has 0 saturated carbocycles. The zero-order valence-corrected chi connectivity index (χ0v) is 12.3. The fourth-order valence-corrected chi connectivity index (χ4v) is 2.96. The van der Waals surface area contributed by atoms with Crippen molar-refractivity contribution in [3.63, 3.8) is 0 Å². The predicted octanol–water partition coefficient (Wildman–Crippen LogP) is 2.96. The molecule has 0 N–H and O–H groups in total. The average molecular weight is 302 g/mol. The Balaban J connectivity index is 1.70. The van der Waals surface area contributed by atoms with E-state index in [4.69, 9.17) is 9.47 Å². The van der Waals surface area contributed by atoms with Gasteiger partial charge in [-0.15, -0.1) is 11.3 Å². The molecule has 2 aromatic heterocycles. The Morgan fingerprint density at radius 2 is 2.29 bits per heavy atom. The highest BCUT2D eigenvalue weighted by Crippen LogP contribution is 2.29. The van der Waals surface area contributed by atoms with E-state index < -0.39 is 0 Å². The monoisotopic (exact) mass is 302 g/mol. The number of imidazole rings is 1. The summed E-state index contributed by atoms with van der Waals surface area (Å²) in [5.41, 5.74) is 0. The van der Waals surface area contributed by atoms with Gasteiger partial charge < -0.3 is 14.0 Å². The lowest BCUT2D eigenvalue weighted by Crippen LogP contribution is -2.06. The largest absolute Gasteiger partial charge is 0.492 e. The molecule has 0 aliphatic rings. The third-order valence-electron chi connectivity index (χ3n) is 3.05. The minimum absolute atomic E-state index is 0.307. The summed E-state index contributed by atoms with van der Waals surface area (Å²) in [6.45, 7) is 1.31. The van der Waals surface area contributed by atoms with Crippen molar-refractivity contribution < 1.29 is 14.3 Å². The second kappa shape index (κ2) is 5.97. The number of fused-ring (bicyclic) bond motifs is 1. The zero-order chi connectivity index (χ0) is 14.7. The molecule has 0 unspecified atom stereocenters. The van der Waals surface area contributed by atoms with E-state index in [1.807, 2.05) is 35.0 Å². The van der Waals surface area contributed by atoms with Crippen molar-refractivity contribution >= 4 is 27.4 Å². The van der Waals surface area contributed by atoms with Crippen LogP contribution in [0, 0.1) is 0 Å². The summed E-state index contributed by atoms with van der Waals surface area (Å²) < 4.78 is 13.5. The van der Waals surface area contributed by atoms with Crippen LogP contribution in [0.3, 0.4) is 0 Å². The van der Waals surface area contributed by atoms with Crippen molar-refractivity contribution in [3.8, 4) is 5.75 Å². The van der Waals surface area contributed by atoms with Crippen molar-refractivity contribution in [1.82, 2.24) is 9.55 Å². The minimum Gasteiger partial charge on any atom is -0.492 e. The van der Waals surface area contributed by atoms with Gasteiger partial charge in [0, 0.05) is 17.1 Å². The number of thiophene rings is 1. The third kappa shape index (κ3) is 3.05. The van der Waals surface area contributed by atoms with E-state index in [-0.39, 0.29) is 5.97 Å². The number of rotatable bonds is 5. The van der Waals surface area contributed by atoms with Crippen LogP contribution in [-0.4, -0.2) is 29.2 Å². The van der Waals surface area contributed by atoms with Gasteiger partial charge in [-0.1, -0.05) is 0 Å². The lowest BCUT2D eigenvalue weighted by atomic mass is 10.2. The molecule has 2 heterocycles. The van der Waals surface area contributed by atoms with Crippen LogP contribution in [0.15, 0.2) is 43.0 Å². The molecule has 3 aromatic rings. The van der Waals surface area contributed by atoms with Crippen molar-refractivity contribution in [1.29, 1.82) is 0 Å². The molecule has 3 rings (SSSR count). The molecule has 0 fully saturated rings. The number of hydrogen-bond donors (Lipinski definition) is 0. The molecule has 0 spiro atoms. The molecule has 1 aromatic carbocycles. The number of nitrogens with zero attached hydrogens (tertiary/aromatic N) is 2. The maximum atomic E-state index is 11.5. The quantitative estimate of drug-likeness (QED) is 0.680. The van der Waals surface area contributed by atoms with Crippen molar-refractivity contribution in [3.05, 3.63) is 47.9 Å². The van der Waals surface area contributed by atoms with Gasteiger partial charge in [0.05, 0.1) is 20.0 Å². The summed E-state index contributed by atoms with van der Waals surface area (Å²) in [6.07, 6.45) is 5.40. The first-order valence-corrected chi connectivity index (χ1v) is 7.28. The predicted molar refractivity (Wildman–Crippen MR) is 80.9 cm³/mol. The second-order valence-corrected chi connectivity index (χ2v) is 5.53. The molecule has 21 heavy (non-hydrogen) atoms. The van der Waals surface area contributed by atoms with E-state index in [1.165, 1.54) is 18.4 Å². The van der Waals surface area contributed by atoms with Gasteiger partial charge in [-0.25, -0.2) is 9.78 Å². The Labute approximate surface area is 125 Å². The molecule has 0 bridgehead atoms. The number of aromatic nitrogens is 2. The Hall–Kier alpha value is -2.34. The molecule has 0 radical (unpaired) electrons. The first-order valence-electron chi connectivity index (χ1n) is 6.47. The fourth-order valence-electron chi connectivity index (χ4n) is 2.00. The van der Waals surface area contributed by atoms with Crippen LogP contribution >= 0.6 is 11.3 Å². The van der Waals surface area contributed by atoms with Crippen molar-refractivity contribution in [2.24, 2.45) is 0 Å².